The molecule has 0 saturated carbocycles. The van der Waals surface area contributed by atoms with Crippen LogP contribution in [-0.4, -0.2) is 36.2 Å². The van der Waals surface area contributed by atoms with Gasteiger partial charge in [-0.25, -0.2) is 4.79 Å². The number of hydrogen-bond donors (Lipinski definition) is 1. The molecule has 0 aromatic rings. The van der Waals surface area contributed by atoms with E-state index in [2.05, 4.69) is 0 Å². The van der Waals surface area contributed by atoms with Crippen molar-refractivity contribution in [2.45, 2.75) is 32.3 Å². The van der Waals surface area contributed by atoms with E-state index in [9.17, 15) is 4.79 Å². The first-order valence-electron chi connectivity index (χ1n) is 4.73. The van der Waals surface area contributed by atoms with Gasteiger partial charge in [0.05, 0.1) is 0 Å². The van der Waals surface area contributed by atoms with Gasteiger partial charge in [-0.15, -0.1) is 0 Å². The second-order valence-corrected chi connectivity index (χ2v) is 4.01. The minimum atomic E-state index is -0.295. The summed E-state index contributed by atoms with van der Waals surface area (Å²) < 4.78 is 5.23. The fourth-order valence-corrected chi connectivity index (χ4v) is 1.33. The summed E-state index contributed by atoms with van der Waals surface area (Å²) in [6.07, 6.45) is 1.53. The zero-order chi connectivity index (χ0) is 9.90. The van der Waals surface area contributed by atoms with Crippen molar-refractivity contribution in [2.75, 3.05) is 19.6 Å². The Morgan fingerprint density at radius 1 is 1.62 bits per heavy atom. The lowest BCUT2D eigenvalue weighted by Gasteiger charge is -2.36. The van der Waals surface area contributed by atoms with E-state index < -0.39 is 0 Å². The normalized spacial score (nSPS) is 21.5. The molecule has 1 fully saturated rings. The summed E-state index contributed by atoms with van der Waals surface area (Å²) in [5.41, 5.74) is 5.07. The topological polar surface area (TPSA) is 55.6 Å². The molecule has 1 heterocycles. The molecule has 0 bridgehead atoms. The zero-order valence-electron chi connectivity index (χ0n) is 8.38. The zero-order valence-corrected chi connectivity index (χ0v) is 8.38. The van der Waals surface area contributed by atoms with Crippen molar-refractivity contribution in [2.24, 2.45) is 5.73 Å². The van der Waals surface area contributed by atoms with Crippen LogP contribution in [0, 0.1) is 0 Å². The van der Waals surface area contributed by atoms with Gasteiger partial charge < -0.3 is 15.4 Å². The van der Waals surface area contributed by atoms with Gasteiger partial charge in [0.1, 0.15) is 5.60 Å². The van der Waals surface area contributed by atoms with E-state index >= 15 is 0 Å². The Morgan fingerprint density at radius 2 is 2.31 bits per heavy atom. The van der Waals surface area contributed by atoms with E-state index in [1.165, 1.54) is 0 Å². The largest absolute Gasteiger partial charge is 0.443 e. The van der Waals surface area contributed by atoms with Crippen LogP contribution >= 0.6 is 0 Å². The van der Waals surface area contributed by atoms with Crippen LogP contribution in [-0.2, 0) is 4.74 Å². The molecular formula is C9H18N2O2. The number of hydrogen-bond acceptors (Lipinski definition) is 3. The van der Waals surface area contributed by atoms with Gasteiger partial charge in [0, 0.05) is 19.5 Å². The minimum absolute atomic E-state index is 0.204. The van der Waals surface area contributed by atoms with Crippen molar-refractivity contribution in [1.82, 2.24) is 4.90 Å². The van der Waals surface area contributed by atoms with Gasteiger partial charge in [-0.05, 0) is 26.8 Å². The molecule has 0 spiro atoms. The van der Waals surface area contributed by atoms with Gasteiger partial charge in [-0.1, -0.05) is 0 Å². The second-order valence-electron chi connectivity index (χ2n) is 4.01. The lowest BCUT2D eigenvalue weighted by atomic mass is 10.0. The molecule has 4 nitrogen and oxygen atoms in total. The van der Waals surface area contributed by atoms with Crippen LogP contribution in [0.1, 0.15) is 26.7 Å². The van der Waals surface area contributed by atoms with Crippen LogP contribution < -0.4 is 5.73 Å². The van der Waals surface area contributed by atoms with Gasteiger partial charge in [-0.2, -0.15) is 0 Å². The first-order valence-corrected chi connectivity index (χ1v) is 4.73. The highest BCUT2D eigenvalue weighted by molar-refractivity contribution is 5.68. The van der Waals surface area contributed by atoms with Crippen molar-refractivity contribution in [3.63, 3.8) is 0 Å². The molecule has 1 rings (SSSR count). The third-order valence-electron chi connectivity index (χ3n) is 2.24. The van der Waals surface area contributed by atoms with Gasteiger partial charge in [0.25, 0.3) is 0 Å². The fraction of sp³-hybridized carbons (Fsp3) is 0.889. The van der Waals surface area contributed by atoms with E-state index in [4.69, 9.17) is 10.5 Å². The Hall–Kier alpha value is -0.770. The third kappa shape index (κ3) is 2.88. The predicted octanol–water partition coefficient (Wildman–Crippen LogP) is 0.956. The molecule has 0 aromatic carbocycles. The molecule has 0 radical (unpaired) electrons. The summed E-state index contributed by atoms with van der Waals surface area (Å²) in [5, 5.41) is 0. The van der Waals surface area contributed by atoms with E-state index in [-0.39, 0.29) is 11.7 Å². The summed E-state index contributed by atoms with van der Waals surface area (Å²) in [5.74, 6) is 0. The molecule has 1 amide bonds. The molecule has 76 valence electrons. The van der Waals surface area contributed by atoms with Crippen molar-refractivity contribution < 1.29 is 9.53 Å². The Morgan fingerprint density at radius 3 is 2.85 bits per heavy atom. The maximum Gasteiger partial charge on any atom is 0.410 e. The maximum atomic E-state index is 11.4. The standard InChI is InChI=1S/C9H18N2O2/c1-9(2)4-7-11(6-3-5-10)8(12)13-9/h3-7,10H2,1-2H3. The molecule has 1 aliphatic heterocycles. The van der Waals surface area contributed by atoms with Crippen LogP contribution in [0.25, 0.3) is 0 Å². The van der Waals surface area contributed by atoms with Crippen molar-refractivity contribution in [3.8, 4) is 0 Å². The number of ether oxygens (including phenoxy) is 1. The summed E-state index contributed by atoms with van der Waals surface area (Å²) >= 11 is 0. The Labute approximate surface area is 79.0 Å². The number of nitrogens with zero attached hydrogens (tertiary/aromatic N) is 1. The van der Waals surface area contributed by atoms with Gasteiger partial charge in [0.15, 0.2) is 0 Å². The molecule has 2 N–H and O–H groups in total. The van der Waals surface area contributed by atoms with Crippen LogP contribution in [0.2, 0.25) is 0 Å². The molecule has 0 aromatic heterocycles. The van der Waals surface area contributed by atoms with Crippen LogP contribution in [0.4, 0.5) is 4.79 Å². The average molecular weight is 186 g/mol. The number of carbonyl (C=O) groups is 1. The van der Waals surface area contributed by atoms with Crippen molar-refractivity contribution >= 4 is 6.09 Å². The SMILES string of the molecule is CC1(C)CCN(CCCN)C(=O)O1. The molecule has 0 aliphatic carbocycles. The first kappa shape index (κ1) is 10.3. The first-order chi connectivity index (χ1) is 6.05. The lowest BCUT2D eigenvalue weighted by Crippen LogP contribution is -2.47. The maximum absolute atomic E-state index is 11.4. The summed E-state index contributed by atoms with van der Waals surface area (Å²) in [7, 11) is 0. The van der Waals surface area contributed by atoms with Crippen LogP contribution in [0.5, 0.6) is 0 Å². The summed E-state index contributed by atoms with van der Waals surface area (Å²) in [6, 6.07) is 0. The van der Waals surface area contributed by atoms with E-state index in [1.807, 2.05) is 13.8 Å². The summed E-state index contributed by atoms with van der Waals surface area (Å²) in [4.78, 5) is 13.1. The van der Waals surface area contributed by atoms with Gasteiger partial charge in [0.2, 0.25) is 0 Å². The third-order valence-corrected chi connectivity index (χ3v) is 2.24. The number of rotatable bonds is 3. The van der Waals surface area contributed by atoms with E-state index in [0.29, 0.717) is 13.1 Å². The number of carbonyl (C=O) groups excluding carboxylic acids is 1. The Balaban J connectivity index is 2.40. The van der Waals surface area contributed by atoms with Gasteiger partial charge >= 0.3 is 6.09 Å². The molecule has 4 heteroatoms. The van der Waals surface area contributed by atoms with E-state index in [1.54, 1.807) is 4.90 Å². The van der Waals surface area contributed by atoms with Crippen molar-refractivity contribution in [1.29, 1.82) is 0 Å². The monoisotopic (exact) mass is 186 g/mol. The molecule has 13 heavy (non-hydrogen) atoms. The number of amides is 1. The molecular weight excluding hydrogens is 168 g/mol. The second kappa shape index (κ2) is 3.96. The van der Waals surface area contributed by atoms with Gasteiger partial charge in [-0.3, -0.25) is 0 Å². The number of nitrogens with two attached hydrogens (primary N) is 1. The predicted molar refractivity (Wildman–Crippen MR) is 50.4 cm³/mol. The highest BCUT2D eigenvalue weighted by Crippen LogP contribution is 2.21. The molecule has 0 atom stereocenters. The van der Waals surface area contributed by atoms with Crippen LogP contribution in [0.15, 0.2) is 0 Å². The quantitative estimate of drug-likeness (QED) is 0.714. The average Bonchev–Trinajstić information content (AvgIpc) is 2.02. The highest BCUT2D eigenvalue weighted by Gasteiger charge is 2.31. The molecule has 0 unspecified atom stereocenters. The minimum Gasteiger partial charge on any atom is -0.443 e. The fourth-order valence-electron chi connectivity index (χ4n) is 1.33. The molecule has 1 saturated heterocycles. The highest BCUT2D eigenvalue weighted by atomic mass is 16.6. The smallest absolute Gasteiger partial charge is 0.410 e. The van der Waals surface area contributed by atoms with Crippen molar-refractivity contribution in [3.05, 3.63) is 0 Å². The summed E-state index contributed by atoms with van der Waals surface area (Å²) in [6.45, 7) is 5.99. The number of cyclic esters (lactones) is 1. The van der Waals surface area contributed by atoms with E-state index in [0.717, 1.165) is 19.4 Å². The van der Waals surface area contributed by atoms with Crippen LogP contribution in [0.3, 0.4) is 0 Å². The molecule has 1 aliphatic rings. The lowest BCUT2D eigenvalue weighted by molar-refractivity contribution is -0.0253. The Bertz CT molecular complexity index is 192. The Kier molecular flexibility index (Phi) is 3.14.